The molecule has 0 bridgehead atoms. The van der Waals surface area contributed by atoms with Crippen molar-refractivity contribution in [2.24, 2.45) is 0 Å². The molecule has 1 aromatic carbocycles. The van der Waals surface area contributed by atoms with Gasteiger partial charge in [-0.1, -0.05) is 11.6 Å². The minimum absolute atomic E-state index is 0.165. The predicted octanol–water partition coefficient (Wildman–Crippen LogP) is 1.84. The van der Waals surface area contributed by atoms with Crippen LogP contribution in [0.1, 0.15) is 13.3 Å². The van der Waals surface area contributed by atoms with Crippen molar-refractivity contribution >= 4 is 38.9 Å². The summed E-state index contributed by atoms with van der Waals surface area (Å²) in [7, 11) is -3.21. The molecule has 5 nitrogen and oxygen atoms in total. The molecule has 0 aliphatic carbocycles. The lowest BCUT2D eigenvalue weighted by Crippen LogP contribution is -2.25. The molecule has 18 heavy (non-hydrogen) atoms. The van der Waals surface area contributed by atoms with Crippen LogP contribution in [0, 0.1) is 0 Å². The lowest BCUT2D eigenvalue weighted by Gasteiger charge is -2.18. The quantitative estimate of drug-likeness (QED) is 0.903. The molecule has 1 N–H and O–H groups in total. The van der Waals surface area contributed by atoms with Crippen LogP contribution in [0.25, 0.3) is 0 Å². The maximum atomic E-state index is 11.7. The van der Waals surface area contributed by atoms with Crippen molar-refractivity contribution < 1.29 is 13.2 Å². The number of amides is 1. The minimum atomic E-state index is -3.21. The molecule has 1 fully saturated rings. The standard InChI is InChI=1S/C11H13ClN2O3S/c1-8(15)13-11-4-3-9(7-10(11)12)14-5-2-6-18(14,16)17/h3-4,7H,2,5-6H2,1H3,(H,13,15). The molecule has 98 valence electrons. The SMILES string of the molecule is CC(=O)Nc1ccc(N2CCCS2(=O)=O)cc1Cl. The third-order valence-corrected chi connectivity index (χ3v) is 4.83. The summed E-state index contributed by atoms with van der Waals surface area (Å²) >= 11 is 6.01. The summed E-state index contributed by atoms with van der Waals surface area (Å²) in [5.41, 5.74) is 1.01. The van der Waals surface area contributed by atoms with Gasteiger partial charge < -0.3 is 5.32 Å². The highest BCUT2D eigenvalue weighted by Crippen LogP contribution is 2.30. The Morgan fingerprint density at radius 2 is 2.17 bits per heavy atom. The van der Waals surface area contributed by atoms with E-state index in [1.54, 1.807) is 18.2 Å². The largest absolute Gasteiger partial charge is 0.325 e. The minimum Gasteiger partial charge on any atom is -0.325 e. The second-order valence-electron chi connectivity index (χ2n) is 4.09. The number of halogens is 1. The molecule has 1 heterocycles. The van der Waals surface area contributed by atoms with Crippen molar-refractivity contribution in [3.8, 4) is 0 Å². The van der Waals surface area contributed by atoms with Gasteiger partial charge in [-0.3, -0.25) is 9.10 Å². The number of hydrogen-bond acceptors (Lipinski definition) is 3. The van der Waals surface area contributed by atoms with Crippen molar-refractivity contribution in [1.29, 1.82) is 0 Å². The van der Waals surface area contributed by atoms with E-state index in [-0.39, 0.29) is 11.7 Å². The zero-order valence-electron chi connectivity index (χ0n) is 9.81. The lowest BCUT2D eigenvalue weighted by atomic mass is 10.2. The van der Waals surface area contributed by atoms with Crippen LogP contribution in [0.15, 0.2) is 18.2 Å². The molecule has 7 heteroatoms. The number of hydrogen-bond donors (Lipinski definition) is 1. The van der Waals surface area contributed by atoms with Gasteiger partial charge in [-0.25, -0.2) is 8.42 Å². The van der Waals surface area contributed by atoms with E-state index in [4.69, 9.17) is 11.6 Å². The maximum absolute atomic E-state index is 11.7. The van der Waals surface area contributed by atoms with Crippen LogP contribution in [0.5, 0.6) is 0 Å². The predicted molar refractivity (Wildman–Crippen MR) is 71.5 cm³/mol. The smallest absolute Gasteiger partial charge is 0.235 e. The first-order valence-corrected chi connectivity index (χ1v) is 7.46. The monoisotopic (exact) mass is 288 g/mol. The van der Waals surface area contributed by atoms with Crippen LogP contribution in [0.3, 0.4) is 0 Å². The van der Waals surface area contributed by atoms with Gasteiger partial charge in [0.15, 0.2) is 0 Å². The number of anilines is 2. The zero-order valence-corrected chi connectivity index (χ0v) is 11.4. The van der Waals surface area contributed by atoms with Crippen LogP contribution in [-0.4, -0.2) is 26.6 Å². The number of rotatable bonds is 2. The molecule has 1 aliphatic rings. The zero-order chi connectivity index (χ0) is 13.3. The van der Waals surface area contributed by atoms with Crippen molar-refractivity contribution in [2.45, 2.75) is 13.3 Å². The van der Waals surface area contributed by atoms with E-state index in [1.165, 1.54) is 11.2 Å². The summed E-state index contributed by atoms with van der Waals surface area (Å²) in [4.78, 5) is 10.9. The van der Waals surface area contributed by atoms with Crippen LogP contribution in [0.2, 0.25) is 5.02 Å². The highest BCUT2D eigenvalue weighted by molar-refractivity contribution is 7.93. The van der Waals surface area contributed by atoms with Crippen molar-refractivity contribution in [1.82, 2.24) is 0 Å². The Bertz CT molecular complexity index is 586. The summed E-state index contributed by atoms with van der Waals surface area (Å²) < 4.78 is 24.8. The molecule has 2 rings (SSSR count). The Morgan fingerprint density at radius 1 is 1.44 bits per heavy atom. The molecule has 0 atom stereocenters. The molecule has 1 amide bonds. The highest BCUT2D eigenvalue weighted by Gasteiger charge is 2.28. The van der Waals surface area contributed by atoms with Crippen molar-refractivity contribution in [3.63, 3.8) is 0 Å². The first kappa shape index (κ1) is 13.2. The summed E-state index contributed by atoms with van der Waals surface area (Å²) in [6.45, 7) is 1.85. The summed E-state index contributed by atoms with van der Waals surface area (Å²) in [5.74, 6) is -0.0589. The Kier molecular flexibility index (Phi) is 3.49. The second-order valence-corrected chi connectivity index (χ2v) is 6.51. The van der Waals surface area contributed by atoms with E-state index in [0.717, 1.165) is 0 Å². The maximum Gasteiger partial charge on any atom is 0.235 e. The number of nitrogens with zero attached hydrogens (tertiary/aromatic N) is 1. The average Bonchev–Trinajstić information content (AvgIpc) is 2.60. The van der Waals surface area contributed by atoms with Gasteiger partial charge in [-0.15, -0.1) is 0 Å². The average molecular weight is 289 g/mol. The normalized spacial score (nSPS) is 17.8. The van der Waals surface area contributed by atoms with Gasteiger partial charge in [-0.05, 0) is 24.6 Å². The fourth-order valence-electron chi connectivity index (χ4n) is 1.88. The molecule has 0 aromatic heterocycles. The molecule has 0 saturated carbocycles. The molecule has 1 aliphatic heterocycles. The molecule has 0 radical (unpaired) electrons. The van der Waals surface area contributed by atoms with Gasteiger partial charge >= 0.3 is 0 Å². The van der Waals surface area contributed by atoms with Crippen LogP contribution in [-0.2, 0) is 14.8 Å². The Hall–Kier alpha value is -1.27. The summed E-state index contributed by atoms with van der Waals surface area (Å²) in [6, 6.07) is 4.79. The second kappa shape index (κ2) is 4.78. The fraction of sp³-hybridized carbons (Fsp3) is 0.364. The number of carbonyl (C=O) groups is 1. The number of carbonyl (C=O) groups excluding carboxylic acids is 1. The first-order chi connectivity index (χ1) is 8.40. The van der Waals surface area contributed by atoms with Crippen LogP contribution >= 0.6 is 11.6 Å². The Balaban J connectivity index is 2.32. The number of benzene rings is 1. The van der Waals surface area contributed by atoms with E-state index < -0.39 is 10.0 Å². The van der Waals surface area contributed by atoms with Crippen LogP contribution in [0.4, 0.5) is 11.4 Å². The highest BCUT2D eigenvalue weighted by atomic mass is 35.5. The van der Waals surface area contributed by atoms with Gasteiger partial charge in [0, 0.05) is 13.5 Å². The van der Waals surface area contributed by atoms with E-state index >= 15 is 0 Å². The Morgan fingerprint density at radius 3 is 2.67 bits per heavy atom. The van der Waals surface area contributed by atoms with Gasteiger partial charge in [-0.2, -0.15) is 0 Å². The molecule has 1 saturated heterocycles. The van der Waals surface area contributed by atoms with Crippen LogP contribution < -0.4 is 9.62 Å². The van der Waals surface area contributed by atoms with Gasteiger partial charge in [0.25, 0.3) is 0 Å². The van der Waals surface area contributed by atoms with E-state index in [0.29, 0.717) is 29.4 Å². The van der Waals surface area contributed by atoms with E-state index in [9.17, 15) is 13.2 Å². The van der Waals surface area contributed by atoms with Gasteiger partial charge in [0.05, 0.1) is 22.2 Å². The summed E-state index contributed by atoms with van der Waals surface area (Å²) in [5, 5.41) is 2.90. The molecular formula is C11H13ClN2O3S. The van der Waals surface area contributed by atoms with E-state index in [2.05, 4.69) is 5.32 Å². The molecular weight excluding hydrogens is 276 g/mol. The van der Waals surface area contributed by atoms with Crippen molar-refractivity contribution in [2.75, 3.05) is 21.9 Å². The van der Waals surface area contributed by atoms with E-state index in [1.807, 2.05) is 0 Å². The Labute approximate surface area is 111 Å². The lowest BCUT2D eigenvalue weighted by molar-refractivity contribution is -0.114. The molecule has 1 aromatic rings. The molecule has 0 unspecified atom stereocenters. The number of nitrogens with one attached hydrogen (secondary N) is 1. The van der Waals surface area contributed by atoms with Crippen molar-refractivity contribution in [3.05, 3.63) is 23.2 Å². The topological polar surface area (TPSA) is 66.5 Å². The van der Waals surface area contributed by atoms with Gasteiger partial charge in [0.1, 0.15) is 0 Å². The molecule has 0 spiro atoms. The summed E-state index contributed by atoms with van der Waals surface area (Å²) in [6.07, 6.45) is 0.618. The first-order valence-electron chi connectivity index (χ1n) is 5.48. The fourth-order valence-corrected chi connectivity index (χ4v) is 3.66. The van der Waals surface area contributed by atoms with Gasteiger partial charge in [0.2, 0.25) is 15.9 Å². The third-order valence-electron chi connectivity index (χ3n) is 2.65. The third kappa shape index (κ3) is 2.59. The number of sulfonamides is 1.